The summed E-state index contributed by atoms with van der Waals surface area (Å²) in [6.07, 6.45) is 2.40. The minimum absolute atomic E-state index is 0.103. The van der Waals surface area contributed by atoms with Crippen molar-refractivity contribution in [3.05, 3.63) is 59.2 Å². The van der Waals surface area contributed by atoms with Gasteiger partial charge in [0, 0.05) is 12.1 Å². The van der Waals surface area contributed by atoms with Crippen LogP contribution in [0.2, 0.25) is 0 Å². The third-order valence-corrected chi connectivity index (χ3v) is 5.82. The monoisotopic (exact) mass is 396 g/mol. The van der Waals surface area contributed by atoms with Crippen LogP contribution in [-0.2, 0) is 0 Å². The Kier molecular flexibility index (Phi) is 7.15. The zero-order valence-electron chi connectivity index (χ0n) is 17.9. The third kappa shape index (κ3) is 5.30. The van der Waals surface area contributed by atoms with Crippen LogP contribution in [0.4, 0.5) is 0 Å². The molecule has 1 unspecified atom stereocenters. The van der Waals surface area contributed by atoms with E-state index in [4.69, 9.17) is 9.47 Å². The number of carbonyl (C=O) groups is 1. The van der Waals surface area contributed by atoms with Gasteiger partial charge in [0.25, 0.3) is 5.91 Å². The van der Waals surface area contributed by atoms with Gasteiger partial charge in [-0.2, -0.15) is 0 Å². The molecule has 0 spiro atoms. The number of hydrogen-bond donors (Lipinski definition) is 1. The average molecular weight is 397 g/mol. The summed E-state index contributed by atoms with van der Waals surface area (Å²) in [6, 6.07) is 14.1. The lowest BCUT2D eigenvalue weighted by molar-refractivity contribution is 0.0912. The van der Waals surface area contributed by atoms with Crippen molar-refractivity contribution < 1.29 is 14.3 Å². The molecule has 0 radical (unpaired) electrons. The predicted octanol–water partition coefficient (Wildman–Crippen LogP) is 4.22. The first-order valence-corrected chi connectivity index (χ1v) is 10.3. The lowest BCUT2D eigenvalue weighted by Gasteiger charge is -2.37. The summed E-state index contributed by atoms with van der Waals surface area (Å²) >= 11 is 0. The zero-order valence-corrected chi connectivity index (χ0v) is 17.9. The van der Waals surface area contributed by atoms with Crippen molar-refractivity contribution in [2.45, 2.75) is 32.7 Å². The van der Waals surface area contributed by atoms with E-state index < -0.39 is 0 Å². The van der Waals surface area contributed by atoms with Crippen molar-refractivity contribution in [1.29, 1.82) is 0 Å². The van der Waals surface area contributed by atoms with Gasteiger partial charge in [-0.05, 0) is 62.5 Å². The van der Waals surface area contributed by atoms with E-state index in [1.54, 1.807) is 32.4 Å². The largest absolute Gasteiger partial charge is 0.493 e. The van der Waals surface area contributed by atoms with Crippen LogP contribution in [0.25, 0.3) is 0 Å². The second-order valence-corrected chi connectivity index (χ2v) is 7.92. The maximum atomic E-state index is 12.8. The van der Waals surface area contributed by atoms with E-state index in [9.17, 15) is 4.79 Å². The first kappa shape index (κ1) is 21.2. The number of hydrogen-bond acceptors (Lipinski definition) is 4. The van der Waals surface area contributed by atoms with Crippen LogP contribution >= 0.6 is 0 Å². The summed E-state index contributed by atoms with van der Waals surface area (Å²) in [4.78, 5) is 15.3. The summed E-state index contributed by atoms with van der Waals surface area (Å²) in [6.45, 7) is 7.11. The Hall–Kier alpha value is -2.53. The Morgan fingerprint density at radius 3 is 2.34 bits per heavy atom. The van der Waals surface area contributed by atoms with Crippen molar-refractivity contribution in [2.24, 2.45) is 5.92 Å². The van der Waals surface area contributed by atoms with Gasteiger partial charge in [-0.15, -0.1) is 0 Å². The molecule has 3 rings (SSSR count). The van der Waals surface area contributed by atoms with E-state index in [-0.39, 0.29) is 11.9 Å². The number of ether oxygens (including phenoxy) is 2. The topological polar surface area (TPSA) is 50.8 Å². The van der Waals surface area contributed by atoms with Gasteiger partial charge in [0.1, 0.15) is 0 Å². The molecule has 1 aliphatic rings. The van der Waals surface area contributed by atoms with E-state index in [2.05, 4.69) is 48.3 Å². The molecular weight excluding hydrogens is 364 g/mol. The Labute approximate surface area is 174 Å². The maximum Gasteiger partial charge on any atom is 0.251 e. The van der Waals surface area contributed by atoms with E-state index in [0.717, 1.165) is 19.0 Å². The van der Waals surface area contributed by atoms with Gasteiger partial charge in [-0.1, -0.05) is 36.8 Å². The highest BCUT2D eigenvalue weighted by Gasteiger charge is 2.25. The van der Waals surface area contributed by atoms with Gasteiger partial charge in [0.15, 0.2) is 11.5 Å². The molecule has 0 saturated carbocycles. The molecule has 1 N–H and O–H groups in total. The predicted molar refractivity (Wildman–Crippen MR) is 116 cm³/mol. The quantitative estimate of drug-likeness (QED) is 0.762. The molecule has 0 bridgehead atoms. The molecule has 1 amide bonds. The molecule has 5 nitrogen and oxygen atoms in total. The summed E-state index contributed by atoms with van der Waals surface area (Å²) in [5.41, 5.74) is 3.06. The summed E-state index contributed by atoms with van der Waals surface area (Å²) in [5, 5.41) is 3.13. The van der Waals surface area contributed by atoms with E-state index in [1.807, 2.05) is 0 Å². The van der Waals surface area contributed by atoms with Crippen LogP contribution in [0.3, 0.4) is 0 Å². The first-order chi connectivity index (χ1) is 14.0. The highest BCUT2D eigenvalue weighted by molar-refractivity contribution is 5.94. The smallest absolute Gasteiger partial charge is 0.251 e. The van der Waals surface area contributed by atoms with Gasteiger partial charge in [0.2, 0.25) is 0 Å². The molecule has 29 heavy (non-hydrogen) atoms. The minimum Gasteiger partial charge on any atom is -0.493 e. The van der Waals surface area contributed by atoms with Gasteiger partial charge in [0.05, 0.1) is 20.3 Å². The number of nitrogens with zero attached hydrogens (tertiary/aromatic N) is 1. The summed E-state index contributed by atoms with van der Waals surface area (Å²) in [7, 11) is 3.16. The number of benzene rings is 2. The van der Waals surface area contributed by atoms with Crippen molar-refractivity contribution in [3.8, 4) is 11.5 Å². The van der Waals surface area contributed by atoms with Crippen molar-refractivity contribution >= 4 is 5.91 Å². The minimum atomic E-state index is -0.103. The SMILES string of the molecule is COc1ccc(C(=O)NCC(c2ccc(C)cc2)N2CCC(C)CC2)cc1OC. The van der Waals surface area contributed by atoms with Crippen LogP contribution in [0.5, 0.6) is 11.5 Å². The summed E-state index contributed by atoms with van der Waals surface area (Å²) < 4.78 is 10.6. The van der Waals surface area contributed by atoms with Crippen LogP contribution in [0.15, 0.2) is 42.5 Å². The molecular formula is C24H32N2O3. The van der Waals surface area contributed by atoms with Gasteiger partial charge >= 0.3 is 0 Å². The number of piperidine rings is 1. The number of likely N-dealkylation sites (tertiary alicyclic amines) is 1. The second kappa shape index (κ2) is 9.79. The molecule has 1 saturated heterocycles. The zero-order chi connectivity index (χ0) is 20.8. The number of aryl methyl sites for hydroxylation is 1. The molecule has 1 fully saturated rings. The highest BCUT2D eigenvalue weighted by Crippen LogP contribution is 2.29. The maximum absolute atomic E-state index is 12.8. The van der Waals surface area contributed by atoms with Crippen molar-refractivity contribution in [3.63, 3.8) is 0 Å². The third-order valence-electron chi connectivity index (χ3n) is 5.82. The molecule has 0 aliphatic carbocycles. The molecule has 2 aromatic carbocycles. The molecule has 5 heteroatoms. The van der Waals surface area contributed by atoms with Crippen LogP contribution in [-0.4, -0.2) is 44.7 Å². The van der Waals surface area contributed by atoms with Gasteiger partial charge in [-0.3, -0.25) is 9.69 Å². The Morgan fingerprint density at radius 1 is 1.07 bits per heavy atom. The van der Waals surface area contributed by atoms with Crippen LogP contribution in [0.1, 0.15) is 47.3 Å². The molecule has 1 heterocycles. The van der Waals surface area contributed by atoms with E-state index in [1.165, 1.54) is 24.0 Å². The lowest BCUT2D eigenvalue weighted by Crippen LogP contribution is -2.42. The molecule has 1 atom stereocenters. The molecule has 1 aliphatic heterocycles. The lowest BCUT2D eigenvalue weighted by atomic mass is 9.95. The van der Waals surface area contributed by atoms with Crippen LogP contribution < -0.4 is 14.8 Å². The number of rotatable bonds is 7. The average Bonchev–Trinajstić information content (AvgIpc) is 2.75. The standard InChI is InChI=1S/C24H32N2O3/c1-17-5-7-19(8-6-17)21(26-13-11-18(2)12-14-26)16-25-24(27)20-9-10-22(28-3)23(15-20)29-4/h5-10,15,18,21H,11-14,16H2,1-4H3,(H,25,27). The Bertz CT molecular complexity index is 811. The first-order valence-electron chi connectivity index (χ1n) is 10.3. The van der Waals surface area contributed by atoms with Crippen LogP contribution in [0, 0.1) is 12.8 Å². The normalized spacial score (nSPS) is 16.3. The number of carbonyl (C=O) groups excluding carboxylic acids is 1. The summed E-state index contributed by atoms with van der Waals surface area (Å²) in [5.74, 6) is 1.84. The van der Waals surface area contributed by atoms with Crippen molar-refractivity contribution in [1.82, 2.24) is 10.2 Å². The van der Waals surface area contributed by atoms with Gasteiger partial charge in [-0.25, -0.2) is 0 Å². The molecule has 2 aromatic rings. The van der Waals surface area contributed by atoms with Gasteiger partial charge < -0.3 is 14.8 Å². The number of methoxy groups -OCH3 is 2. The molecule has 156 valence electrons. The fourth-order valence-corrected chi connectivity index (χ4v) is 3.86. The number of nitrogens with one attached hydrogen (secondary N) is 1. The van der Waals surface area contributed by atoms with E-state index in [0.29, 0.717) is 23.6 Å². The fourth-order valence-electron chi connectivity index (χ4n) is 3.86. The Morgan fingerprint density at radius 2 is 1.72 bits per heavy atom. The number of amides is 1. The second-order valence-electron chi connectivity index (χ2n) is 7.92. The van der Waals surface area contributed by atoms with E-state index >= 15 is 0 Å². The molecule has 0 aromatic heterocycles. The Balaban J connectivity index is 1.74. The highest BCUT2D eigenvalue weighted by atomic mass is 16.5. The fraction of sp³-hybridized carbons (Fsp3) is 0.458. The van der Waals surface area contributed by atoms with Crippen molar-refractivity contribution in [2.75, 3.05) is 33.9 Å².